The van der Waals surface area contributed by atoms with E-state index in [1.165, 1.54) is 5.56 Å². The van der Waals surface area contributed by atoms with Crippen molar-refractivity contribution in [3.8, 4) is 5.75 Å². The maximum atomic E-state index is 11.9. The molecule has 0 fully saturated rings. The first-order valence-corrected chi connectivity index (χ1v) is 7.67. The van der Waals surface area contributed by atoms with Crippen molar-refractivity contribution in [2.24, 2.45) is 0 Å². The minimum Gasteiger partial charge on any atom is -0.483 e. The van der Waals surface area contributed by atoms with Crippen molar-refractivity contribution < 1.29 is 14.6 Å². The van der Waals surface area contributed by atoms with Crippen LogP contribution in [0, 0.1) is 0 Å². The van der Waals surface area contributed by atoms with Gasteiger partial charge in [-0.1, -0.05) is 48.5 Å². The maximum Gasteiger partial charge on any atom is 0.258 e. The molecule has 122 valence electrons. The van der Waals surface area contributed by atoms with Gasteiger partial charge in [0.05, 0.1) is 12.1 Å². The molecule has 2 rings (SSSR count). The van der Waals surface area contributed by atoms with Crippen LogP contribution in [0.5, 0.6) is 5.75 Å². The lowest BCUT2D eigenvalue weighted by Gasteiger charge is -2.23. The molecular formula is C19H23NO3. The van der Waals surface area contributed by atoms with Crippen LogP contribution < -0.4 is 10.1 Å². The summed E-state index contributed by atoms with van der Waals surface area (Å²) in [7, 11) is 0. The topological polar surface area (TPSA) is 58.6 Å². The summed E-state index contributed by atoms with van der Waals surface area (Å²) in [6, 6.07) is 17.8. The van der Waals surface area contributed by atoms with Gasteiger partial charge >= 0.3 is 0 Å². The van der Waals surface area contributed by atoms with Crippen LogP contribution in [0.1, 0.15) is 25.0 Å². The third-order valence-corrected chi connectivity index (χ3v) is 3.44. The molecular weight excluding hydrogens is 290 g/mol. The lowest BCUT2D eigenvalue weighted by atomic mass is 10.0. The molecule has 0 saturated heterocycles. The van der Waals surface area contributed by atoms with E-state index < -0.39 is 5.54 Å². The SMILES string of the molecule is CC(C)(CO)NC(=O)COc1ccccc1Cc1ccccc1. The molecule has 2 aromatic rings. The number of amides is 1. The largest absolute Gasteiger partial charge is 0.483 e. The predicted molar refractivity (Wildman–Crippen MR) is 90.5 cm³/mol. The zero-order valence-electron chi connectivity index (χ0n) is 13.6. The molecule has 0 unspecified atom stereocenters. The second-order valence-corrected chi connectivity index (χ2v) is 6.15. The van der Waals surface area contributed by atoms with Crippen LogP contribution in [0.15, 0.2) is 54.6 Å². The second kappa shape index (κ2) is 7.79. The fourth-order valence-electron chi connectivity index (χ4n) is 2.20. The van der Waals surface area contributed by atoms with Gasteiger partial charge in [0.2, 0.25) is 0 Å². The van der Waals surface area contributed by atoms with E-state index in [9.17, 15) is 9.90 Å². The van der Waals surface area contributed by atoms with Crippen molar-refractivity contribution in [2.45, 2.75) is 25.8 Å². The Bertz CT molecular complexity index is 638. The Kier molecular flexibility index (Phi) is 5.77. The Morgan fingerprint density at radius 1 is 1.09 bits per heavy atom. The van der Waals surface area contributed by atoms with Crippen molar-refractivity contribution in [1.82, 2.24) is 5.32 Å². The lowest BCUT2D eigenvalue weighted by molar-refractivity contribution is -0.125. The van der Waals surface area contributed by atoms with Crippen LogP contribution in [-0.2, 0) is 11.2 Å². The van der Waals surface area contributed by atoms with Gasteiger partial charge in [0.15, 0.2) is 6.61 Å². The summed E-state index contributed by atoms with van der Waals surface area (Å²) in [4.78, 5) is 11.9. The molecule has 0 aliphatic carbocycles. The third-order valence-electron chi connectivity index (χ3n) is 3.44. The second-order valence-electron chi connectivity index (χ2n) is 6.15. The number of hydrogen-bond donors (Lipinski definition) is 2. The van der Waals surface area contributed by atoms with Gasteiger partial charge in [-0.25, -0.2) is 0 Å². The number of hydrogen-bond acceptors (Lipinski definition) is 3. The molecule has 0 spiro atoms. The van der Waals surface area contributed by atoms with Crippen molar-refractivity contribution in [3.63, 3.8) is 0 Å². The zero-order chi connectivity index (χ0) is 16.7. The lowest BCUT2D eigenvalue weighted by Crippen LogP contribution is -2.48. The van der Waals surface area contributed by atoms with Crippen molar-refractivity contribution in [2.75, 3.05) is 13.2 Å². The Labute approximate surface area is 137 Å². The summed E-state index contributed by atoms with van der Waals surface area (Å²) < 4.78 is 5.67. The molecule has 0 radical (unpaired) electrons. The number of carbonyl (C=O) groups excluding carboxylic acids is 1. The fourth-order valence-corrected chi connectivity index (χ4v) is 2.20. The standard InChI is InChI=1S/C19H23NO3/c1-19(2,14-21)20-18(22)13-23-17-11-7-6-10-16(17)12-15-8-4-3-5-9-15/h3-11,21H,12-14H2,1-2H3,(H,20,22). The molecule has 0 heterocycles. The van der Waals surface area contributed by atoms with E-state index in [0.29, 0.717) is 5.75 Å². The van der Waals surface area contributed by atoms with Crippen molar-refractivity contribution in [1.29, 1.82) is 0 Å². The first kappa shape index (κ1) is 17.0. The number of carbonyl (C=O) groups is 1. The molecule has 2 aromatic carbocycles. The summed E-state index contributed by atoms with van der Waals surface area (Å²) in [6.07, 6.45) is 0.751. The minimum atomic E-state index is -0.649. The molecule has 23 heavy (non-hydrogen) atoms. The first-order chi connectivity index (χ1) is 11.0. The van der Waals surface area contributed by atoms with E-state index in [1.807, 2.05) is 42.5 Å². The van der Waals surface area contributed by atoms with E-state index in [1.54, 1.807) is 13.8 Å². The number of para-hydroxylation sites is 1. The number of aliphatic hydroxyl groups is 1. The van der Waals surface area contributed by atoms with E-state index >= 15 is 0 Å². The van der Waals surface area contributed by atoms with Crippen LogP contribution in [0.25, 0.3) is 0 Å². The van der Waals surface area contributed by atoms with Gasteiger partial charge in [-0.05, 0) is 31.0 Å². The maximum absolute atomic E-state index is 11.9. The van der Waals surface area contributed by atoms with Crippen molar-refractivity contribution >= 4 is 5.91 Å². The van der Waals surface area contributed by atoms with Crippen LogP contribution in [0.3, 0.4) is 0 Å². The first-order valence-electron chi connectivity index (χ1n) is 7.67. The van der Waals surface area contributed by atoms with Crippen molar-refractivity contribution in [3.05, 3.63) is 65.7 Å². The molecule has 4 heteroatoms. The number of benzene rings is 2. The highest BCUT2D eigenvalue weighted by Crippen LogP contribution is 2.21. The Balaban J connectivity index is 1.99. The van der Waals surface area contributed by atoms with Gasteiger partial charge in [-0.3, -0.25) is 4.79 Å². The Hall–Kier alpha value is -2.33. The van der Waals surface area contributed by atoms with Gasteiger partial charge in [-0.15, -0.1) is 0 Å². The number of rotatable bonds is 7. The van der Waals surface area contributed by atoms with Gasteiger partial charge in [0.1, 0.15) is 5.75 Å². The summed E-state index contributed by atoms with van der Waals surface area (Å²) in [5.74, 6) is 0.451. The summed E-state index contributed by atoms with van der Waals surface area (Å²) >= 11 is 0. The molecule has 0 bridgehead atoms. The summed E-state index contributed by atoms with van der Waals surface area (Å²) in [5.41, 5.74) is 1.58. The quantitative estimate of drug-likeness (QED) is 0.826. The van der Waals surface area contributed by atoms with Crippen LogP contribution in [-0.4, -0.2) is 29.8 Å². The smallest absolute Gasteiger partial charge is 0.258 e. The molecule has 0 aliphatic heterocycles. The molecule has 0 saturated carbocycles. The fraction of sp³-hybridized carbons (Fsp3) is 0.316. The van der Waals surface area contributed by atoms with E-state index in [4.69, 9.17) is 4.74 Å². The Morgan fingerprint density at radius 2 is 1.74 bits per heavy atom. The molecule has 0 aliphatic rings. The minimum absolute atomic E-state index is 0.0742. The van der Waals surface area contributed by atoms with Gasteiger partial charge < -0.3 is 15.2 Å². The molecule has 4 nitrogen and oxygen atoms in total. The highest BCUT2D eigenvalue weighted by Gasteiger charge is 2.19. The van der Waals surface area contributed by atoms with E-state index in [2.05, 4.69) is 17.4 Å². The molecule has 1 amide bonds. The van der Waals surface area contributed by atoms with Crippen LogP contribution in [0.2, 0.25) is 0 Å². The van der Waals surface area contributed by atoms with E-state index in [-0.39, 0.29) is 19.1 Å². The monoisotopic (exact) mass is 313 g/mol. The average molecular weight is 313 g/mol. The van der Waals surface area contributed by atoms with Gasteiger partial charge in [0.25, 0.3) is 5.91 Å². The number of ether oxygens (including phenoxy) is 1. The highest BCUT2D eigenvalue weighted by molar-refractivity contribution is 5.78. The summed E-state index contributed by atoms with van der Waals surface area (Å²) in [5, 5.41) is 11.9. The van der Waals surface area contributed by atoms with Crippen LogP contribution >= 0.6 is 0 Å². The normalized spacial score (nSPS) is 11.1. The molecule has 0 atom stereocenters. The predicted octanol–water partition coefficient (Wildman–Crippen LogP) is 2.54. The summed E-state index contributed by atoms with van der Waals surface area (Å²) in [6.45, 7) is 3.32. The molecule has 0 aromatic heterocycles. The number of nitrogens with one attached hydrogen (secondary N) is 1. The highest BCUT2D eigenvalue weighted by atomic mass is 16.5. The number of aliphatic hydroxyl groups excluding tert-OH is 1. The van der Waals surface area contributed by atoms with E-state index in [0.717, 1.165) is 12.0 Å². The van der Waals surface area contributed by atoms with Gasteiger partial charge in [0, 0.05) is 6.42 Å². The third kappa shape index (κ3) is 5.42. The Morgan fingerprint density at radius 3 is 2.43 bits per heavy atom. The average Bonchev–Trinajstić information content (AvgIpc) is 2.55. The van der Waals surface area contributed by atoms with Crippen LogP contribution in [0.4, 0.5) is 0 Å². The zero-order valence-corrected chi connectivity index (χ0v) is 13.6. The van der Waals surface area contributed by atoms with Gasteiger partial charge in [-0.2, -0.15) is 0 Å². The molecule has 2 N–H and O–H groups in total.